The largest absolute Gasteiger partial charge is 0.303 e. The van der Waals surface area contributed by atoms with Gasteiger partial charge in [-0.3, -0.25) is 0 Å². The first-order chi connectivity index (χ1) is 15.9. The average Bonchev–Trinajstić information content (AvgIpc) is 3.10. The van der Waals surface area contributed by atoms with Crippen LogP contribution in [0.5, 0.6) is 0 Å². The summed E-state index contributed by atoms with van der Waals surface area (Å²) in [5.41, 5.74) is 9.27. The van der Waals surface area contributed by atoms with E-state index in [1.807, 2.05) is 0 Å². The smallest absolute Gasteiger partial charge is 0.237 e. The molecule has 2 aromatic heterocycles. The summed E-state index contributed by atoms with van der Waals surface area (Å²) >= 11 is 0. The van der Waals surface area contributed by atoms with Crippen LogP contribution in [-0.2, 0) is 7.05 Å². The van der Waals surface area contributed by atoms with E-state index in [0.717, 1.165) is 0 Å². The number of aromatic nitrogens is 2. The Labute approximate surface area is 197 Å². The number of rotatable bonds is 4. The Morgan fingerprint density at radius 3 is 1.97 bits per heavy atom. The minimum Gasteiger partial charge on any atom is -0.303 e. The van der Waals surface area contributed by atoms with Crippen LogP contribution in [0, 0.1) is 6.92 Å². The van der Waals surface area contributed by atoms with Crippen LogP contribution in [0.25, 0.3) is 38.8 Å². The fourth-order valence-corrected chi connectivity index (χ4v) is 5.30. The summed E-state index contributed by atoms with van der Waals surface area (Å²) in [4.78, 5) is 0. The highest BCUT2D eigenvalue weighted by Crippen LogP contribution is 2.41. The molecule has 0 bridgehead atoms. The van der Waals surface area contributed by atoms with Crippen molar-refractivity contribution in [1.82, 2.24) is 4.57 Å². The van der Waals surface area contributed by atoms with Gasteiger partial charge in [0.25, 0.3) is 0 Å². The third-order valence-corrected chi connectivity index (χ3v) is 6.96. The van der Waals surface area contributed by atoms with Crippen LogP contribution < -0.4 is 4.57 Å². The molecule has 0 saturated carbocycles. The Balaban J connectivity index is 2.03. The third-order valence-electron chi connectivity index (χ3n) is 6.96. The van der Waals surface area contributed by atoms with Gasteiger partial charge in [-0.05, 0) is 53.0 Å². The second-order valence-electron chi connectivity index (χ2n) is 9.78. The predicted molar refractivity (Wildman–Crippen MR) is 140 cm³/mol. The van der Waals surface area contributed by atoms with E-state index in [4.69, 9.17) is 0 Å². The van der Waals surface area contributed by atoms with Gasteiger partial charge in [0.05, 0.1) is 16.6 Å². The van der Waals surface area contributed by atoms with Crippen LogP contribution in [0.4, 0.5) is 0 Å². The van der Waals surface area contributed by atoms with Crippen molar-refractivity contribution in [2.24, 2.45) is 7.05 Å². The highest BCUT2D eigenvalue weighted by atomic mass is 15.0. The number of hydrogen-bond acceptors (Lipinski definition) is 0. The Hall–Kier alpha value is -3.39. The first-order valence-electron chi connectivity index (χ1n) is 12.0. The monoisotopic (exact) mass is 433 g/mol. The first-order valence-corrected chi connectivity index (χ1v) is 12.0. The van der Waals surface area contributed by atoms with Gasteiger partial charge in [0.2, 0.25) is 5.69 Å². The average molecular weight is 434 g/mol. The molecule has 5 aromatic rings. The van der Waals surface area contributed by atoms with E-state index < -0.39 is 0 Å². The molecule has 2 nitrogen and oxygen atoms in total. The van der Waals surface area contributed by atoms with Crippen molar-refractivity contribution >= 4 is 21.7 Å². The van der Waals surface area contributed by atoms with Crippen molar-refractivity contribution in [2.75, 3.05) is 0 Å². The Morgan fingerprint density at radius 1 is 0.697 bits per heavy atom. The first kappa shape index (κ1) is 21.5. The van der Waals surface area contributed by atoms with Gasteiger partial charge < -0.3 is 4.57 Å². The van der Waals surface area contributed by atoms with Gasteiger partial charge >= 0.3 is 0 Å². The molecule has 0 radical (unpaired) electrons. The van der Waals surface area contributed by atoms with Crippen molar-refractivity contribution < 1.29 is 4.57 Å². The molecule has 0 spiro atoms. The zero-order valence-electron chi connectivity index (χ0n) is 20.6. The molecule has 33 heavy (non-hydrogen) atoms. The Kier molecular flexibility index (Phi) is 5.32. The fourth-order valence-electron chi connectivity index (χ4n) is 5.30. The Bertz CT molecular complexity index is 1460. The third kappa shape index (κ3) is 3.36. The molecule has 0 aliphatic rings. The molecule has 0 fully saturated rings. The van der Waals surface area contributed by atoms with E-state index in [2.05, 4.69) is 130 Å². The molecule has 5 rings (SSSR count). The number of aryl methyl sites for hydroxylation is 2. The van der Waals surface area contributed by atoms with Gasteiger partial charge in [-0.1, -0.05) is 82.3 Å². The van der Waals surface area contributed by atoms with Crippen molar-refractivity contribution in [2.45, 2.75) is 46.5 Å². The van der Waals surface area contributed by atoms with Crippen LogP contribution in [0.2, 0.25) is 0 Å². The lowest BCUT2D eigenvalue weighted by atomic mass is 9.92. The SMILES string of the molecule is Cc1c(-c2c3ccccc3cc[n+]2C)n(-c2c(C(C)C)cccc2C(C)C)c2ccccc12. The molecular weight excluding hydrogens is 400 g/mol. The highest BCUT2D eigenvalue weighted by Gasteiger charge is 2.28. The van der Waals surface area contributed by atoms with Gasteiger partial charge in [0.15, 0.2) is 6.20 Å². The van der Waals surface area contributed by atoms with Crippen molar-refractivity contribution in [3.05, 3.63) is 95.7 Å². The van der Waals surface area contributed by atoms with Crippen LogP contribution in [0.3, 0.4) is 0 Å². The maximum absolute atomic E-state index is 2.55. The second kappa shape index (κ2) is 8.19. The van der Waals surface area contributed by atoms with Crippen LogP contribution >= 0.6 is 0 Å². The molecule has 0 N–H and O–H groups in total. The molecule has 0 unspecified atom stereocenters. The quantitative estimate of drug-likeness (QED) is 0.255. The van der Waals surface area contributed by atoms with Gasteiger partial charge in [-0.25, -0.2) is 0 Å². The normalized spacial score (nSPS) is 11.9. The lowest BCUT2D eigenvalue weighted by molar-refractivity contribution is -0.659. The lowest BCUT2D eigenvalue weighted by Crippen LogP contribution is -2.31. The summed E-state index contributed by atoms with van der Waals surface area (Å²) in [6.45, 7) is 11.5. The summed E-state index contributed by atoms with van der Waals surface area (Å²) in [5, 5.41) is 3.86. The van der Waals surface area contributed by atoms with E-state index in [-0.39, 0.29) is 0 Å². The molecular formula is C31H33N2+. The molecule has 0 atom stereocenters. The minimum atomic E-state index is 0.425. The maximum Gasteiger partial charge on any atom is 0.237 e. The summed E-state index contributed by atoms with van der Waals surface area (Å²) in [5.74, 6) is 0.851. The van der Waals surface area contributed by atoms with Crippen molar-refractivity contribution in [3.8, 4) is 17.1 Å². The summed E-state index contributed by atoms with van der Waals surface area (Å²) in [7, 11) is 2.17. The van der Waals surface area contributed by atoms with Crippen LogP contribution in [-0.4, -0.2) is 4.57 Å². The van der Waals surface area contributed by atoms with Crippen molar-refractivity contribution in [3.63, 3.8) is 0 Å². The molecule has 0 aliphatic carbocycles. The van der Waals surface area contributed by atoms with E-state index >= 15 is 0 Å². The molecule has 2 heteroatoms. The zero-order valence-corrected chi connectivity index (χ0v) is 20.6. The topological polar surface area (TPSA) is 8.81 Å². The van der Waals surface area contributed by atoms with Crippen LogP contribution in [0.15, 0.2) is 79.0 Å². The molecule has 3 aromatic carbocycles. The number of hydrogen-bond donors (Lipinski definition) is 0. The van der Waals surface area contributed by atoms with Gasteiger partial charge in [-0.2, -0.15) is 4.57 Å². The number of nitrogens with zero attached hydrogens (tertiary/aromatic N) is 2. The maximum atomic E-state index is 2.55. The molecule has 0 amide bonds. The number of fused-ring (bicyclic) bond motifs is 2. The zero-order chi connectivity index (χ0) is 23.3. The van der Waals surface area contributed by atoms with Gasteiger partial charge in [-0.15, -0.1) is 0 Å². The summed E-state index contributed by atoms with van der Waals surface area (Å²) in [6.07, 6.45) is 2.19. The second-order valence-corrected chi connectivity index (χ2v) is 9.78. The van der Waals surface area contributed by atoms with Crippen LogP contribution in [0.1, 0.15) is 56.2 Å². The van der Waals surface area contributed by atoms with E-state index in [9.17, 15) is 0 Å². The lowest BCUT2D eigenvalue weighted by Gasteiger charge is -2.23. The summed E-state index contributed by atoms with van der Waals surface area (Å²) in [6, 6.07) is 26.7. The van der Waals surface area contributed by atoms with Crippen molar-refractivity contribution in [1.29, 1.82) is 0 Å². The van der Waals surface area contributed by atoms with E-state index in [0.29, 0.717) is 11.8 Å². The minimum absolute atomic E-state index is 0.425. The molecule has 0 saturated heterocycles. The number of pyridine rings is 1. The fraction of sp³-hybridized carbons (Fsp3) is 0.258. The van der Waals surface area contributed by atoms with E-state index in [1.54, 1.807) is 0 Å². The van der Waals surface area contributed by atoms with E-state index in [1.165, 1.54) is 55.4 Å². The highest BCUT2D eigenvalue weighted by molar-refractivity contribution is 5.99. The van der Waals surface area contributed by atoms with Gasteiger partial charge in [0.1, 0.15) is 12.7 Å². The predicted octanol–water partition coefficient (Wildman–Crippen LogP) is 7.83. The summed E-state index contributed by atoms with van der Waals surface area (Å²) < 4.78 is 4.84. The number of para-hydroxylation sites is 2. The number of benzene rings is 3. The molecule has 166 valence electrons. The standard InChI is InChI=1S/C31H33N2/c1-20(2)24-15-11-16-25(21(3)4)30(24)33-28-17-10-9-13-26(28)22(5)29(33)31-27-14-8-7-12-23(27)18-19-32(31)6/h7-21H,1-6H3/q+1. The molecule has 0 aliphatic heterocycles. The van der Waals surface area contributed by atoms with Gasteiger partial charge in [0, 0.05) is 11.5 Å². The Morgan fingerprint density at radius 2 is 1.30 bits per heavy atom. The molecule has 2 heterocycles.